The van der Waals surface area contributed by atoms with Gasteiger partial charge >= 0.3 is 0 Å². The standard InChI is InChI=1S/C19H24FN/c1-5-14-7-8-15(6-2)18(11-14)19(21-4)16-9-13(3)10-17(20)12-16/h7-12,19,21H,5-6H2,1-4H3. The zero-order valence-electron chi connectivity index (χ0n) is 13.3. The largest absolute Gasteiger partial charge is 0.309 e. The van der Waals surface area contributed by atoms with Gasteiger partial charge in [-0.05, 0) is 66.8 Å². The van der Waals surface area contributed by atoms with E-state index in [0.29, 0.717) is 0 Å². The van der Waals surface area contributed by atoms with Crippen LogP contribution in [0.2, 0.25) is 0 Å². The normalized spacial score (nSPS) is 12.4. The van der Waals surface area contributed by atoms with E-state index in [1.54, 1.807) is 12.1 Å². The molecule has 21 heavy (non-hydrogen) atoms. The lowest BCUT2D eigenvalue weighted by Gasteiger charge is -2.22. The first-order valence-corrected chi connectivity index (χ1v) is 7.65. The number of nitrogens with one attached hydrogen (secondary N) is 1. The van der Waals surface area contributed by atoms with Gasteiger partial charge < -0.3 is 5.32 Å². The van der Waals surface area contributed by atoms with Crippen molar-refractivity contribution in [3.8, 4) is 0 Å². The van der Waals surface area contributed by atoms with Crippen LogP contribution in [0.25, 0.3) is 0 Å². The van der Waals surface area contributed by atoms with Gasteiger partial charge in [-0.15, -0.1) is 0 Å². The minimum Gasteiger partial charge on any atom is -0.309 e. The van der Waals surface area contributed by atoms with Crippen LogP contribution < -0.4 is 5.32 Å². The monoisotopic (exact) mass is 285 g/mol. The molecule has 0 amide bonds. The van der Waals surface area contributed by atoms with Crippen molar-refractivity contribution in [2.24, 2.45) is 0 Å². The zero-order valence-corrected chi connectivity index (χ0v) is 13.3. The van der Waals surface area contributed by atoms with Crippen molar-refractivity contribution in [2.75, 3.05) is 7.05 Å². The van der Waals surface area contributed by atoms with Crippen LogP contribution in [0.5, 0.6) is 0 Å². The number of hydrogen-bond acceptors (Lipinski definition) is 1. The first-order chi connectivity index (χ1) is 10.1. The van der Waals surface area contributed by atoms with E-state index in [-0.39, 0.29) is 11.9 Å². The molecule has 0 saturated heterocycles. The molecule has 0 fully saturated rings. The van der Waals surface area contributed by atoms with Gasteiger partial charge in [-0.1, -0.05) is 38.1 Å². The lowest BCUT2D eigenvalue weighted by molar-refractivity contribution is 0.614. The molecule has 112 valence electrons. The molecule has 0 aromatic heterocycles. The Morgan fingerprint density at radius 3 is 2.38 bits per heavy atom. The zero-order chi connectivity index (χ0) is 15.4. The van der Waals surface area contributed by atoms with Crippen molar-refractivity contribution >= 4 is 0 Å². The molecule has 1 unspecified atom stereocenters. The van der Waals surface area contributed by atoms with Crippen molar-refractivity contribution in [1.29, 1.82) is 0 Å². The summed E-state index contributed by atoms with van der Waals surface area (Å²) in [5.74, 6) is -0.171. The average molecular weight is 285 g/mol. The summed E-state index contributed by atoms with van der Waals surface area (Å²) in [6, 6.07) is 11.9. The molecule has 0 aliphatic carbocycles. The van der Waals surface area contributed by atoms with E-state index < -0.39 is 0 Å². The smallest absolute Gasteiger partial charge is 0.123 e. The summed E-state index contributed by atoms with van der Waals surface area (Å²) >= 11 is 0. The Kier molecular flexibility index (Phi) is 5.13. The fraction of sp³-hybridized carbons (Fsp3) is 0.368. The lowest BCUT2D eigenvalue weighted by Crippen LogP contribution is -2.20. The lowest BCUT2D eigenvalue weighted by atomic mass is 9.90. The molecule has 1 nitrogen and oxygen atoms in total. The second-order valence-corrected chi connectivity index (χ2v) is 5.52. The molecule has 2 aromatic rings. The highest BCUT2D eigenvalue weighted by Crippen LogP contribution is 2.28. The fourth-order valence-electron chi connectivity index (χ4n) is 2.89. The molecule has 1 atom stereocenters. The van der Waals surface area contributed by atoms with Crippen LogP contribution in [-0.4, -0.2) is 7.05 Å². The van der Waals surface area contributed by atoms with Crippen LogP contribution >= 0.6 is 0 Å². The van der Waals surface area contributed by atoms with Gasteiger partial charge in [-0.25, -0.2) is 4.39 Å². The Hall–Kier alpha value is -1.67. The third-order valence-corrected chi connectivity index (χ3v) is 4.00. The van der Waals surface area contributed by atoms with Crippen LogP contribution in [-0.2, 0) is 12.8 Å². The van der Waals surface area contributed by atoms with Crippen molar-refractivity contribution in [3.63, 3.8) is 0 Å². The SMILES string of the molecule is CCc1ccc(CC)c(C(NC)c2cc(C)cc(F)c2)c1. The van der Waals surface area contributed by atoms with Crippen LogP contribution in [0, 0.1) is 12.7 Å². The highest BCUT2D eigenvalue weighted by atomic mass is 19.1. The van der Waals surface area contributed by atoms with E-state index >= 15 is 0 Å². The van der Waals surface area contributed by atoms with Gasteiger partial charge in [-0.2, -0.15) is 0 Å². The molecule has 1 N–H and O–H groups in total. The molecular formula is C19H24FN. The molecule has 2 aromatic carbocycles. The van der Waals surface area contributed by atoms with Crippen LogP contribution in [0.15, 0.2) is 36.4 Å². The first kappa shape index (κ1) is 15.7. The van der Waals surface area contributed by atoms with E-state index in [4.69, 9.17) is 0 Å². The average Bonchev–Trinajstić information content (AvgIpc) is 2.47. The first-order valence-electron chi connectivity index (χ1n) is 7.65. The number of aryl methyl sites for hydroxylation is 3. The molecule has 0 aliphatic heterocycles. The predicted octanol–water partition coefficient (Wildman–Crippen LogP) is 4.57. The Balaban J connectivity index is 2.54. The van der Waals surface area contributed by atoms with Gasteiger partial charge in [0.05, 0.1) is 6.04 Å². The summed E-state index contributed by atoms with van der Waals surface area (Å²) in [5.41, 5.74) is 5.82. The summed E-state index contributed by atoms with van der Waals surface area (Å²) in [4.78, 5) is 0. The van der Waals surface area contributed by atoms with Crippen LogP contribution in [0.1, 0.15) is 47.7 Å². The summed E-state index contributed by atoms with van der Waals surface area (Å²) in [6.07, 6.45) is 1.99. The van der Waals surface area contributed by atoms with Gasteiger partial charge in [-0.3, -0.25) is 0 Å². The highest BCUT2D eigenvalue weighted by Gasteiger charge is 2.16. The molecule has 0 spiro atoms. The highest BCUT2D eigenvalue weighted by molar-refractivity contribution is 5.41. The van der Waals surface area contributed by atoms with Crippen molar-refractivity contribution in [3.05, 3.63) is 70.0 Å². The van der Waals surface area contributed by atoms with E-state index in [1.807, 2.05) is 14.0 Å². The molecule has 2 heteroatoms. The number of hydrogen-bond donors (Lipinski definition) is 1. The molecule has 0 saturated carbocycles. The second-order valence-electron chi connectivity index (χ2n) is 5.52. The molecule has 0 radical (unpaired) electrons. The van der Waals surface area contributed by atoms with Gasteiger partial charge in [0.25, 0.3) is 0 Å². The molecule has 0 aliphatic rings. The Morgan fingerprint density at radius 1 is 1.05 bits per heavy atom. The second kappa shape index (κ2) is 6.86. The molecule has 0 bridgehead atoms. The van der Waals surface area contributed by atoms with Crippen molar-refractivity contribution in [1.82, 2.24) is 5.32 Å². The van der Waals surface area contributed by atoms with Crippen molar-refractivity contribution < 1.29 is 4.39 Å². The topological polar surface area (TPSA) is 12.0 Å². The molecule has 0 heterocycles. The van der Waals surface area contributed by atoms with Gasteiger partial charge in [0.15, 0.2) is 0 Å². The number of benzene rings is 2. The number of halogens is 1. The Morgan fingerprint density at radius 2 is 1.81 bits per heavy atom. The minimum atomic E-state index is -0.171. The van der Waals surface area contributed by atoms with E-state index in [9.17, 15) is 4.39 Å². The van der Waals surface area contributed by atoms with E-state index in [0.717, 1.165) is 24.0 Å². The molecular weight excluding hydrogens is 261 g/mol. The summed E-state index contributed by atoms with van der Waals surface area (Å²) in [5, 5.41) is 3.35. The predicted molar refractivity (Wildman–Crippen MR) is 87.2 cm³/mol. The Bertz CT molecular complexity index is 599. The maximum Gasteiger partial charge on any atom is 0.123 e. The maximum atomic E-state index is 13.7. The van der Waals surface area contributed by atoms with Crippen LogP contribution in [0.4, 0.5) is 4.39 Å². The summed E-state index contributed by atoms with van der Waals surface area (Å²) in [7, 11) is 1.93. The van der Waals surface area contributed by atoms with E-state index in [2.05, 4.69) is 43.4 Å². The Labute approximate surface area is 127 Å². The van der Waals surface area contributed by atoms with Gasteiger partial charge in [0, 0.05) is 0 Å². The van der Waals surface area contributed by atoms with Gasteiger partial charge in [0.2, 0.25) is 0 Å². The number of rotatable bonds is 5. The maximum absolute atomic E-state index is 13.7. The van der Waals surface area contributed by atoms with Crippen molar-refractivity contribution in [2.45, 2.75) is 39.7 Å². The quantitative estimate of drug-likeness (QED) is 0.848. The third kappa shape index (κ3) is 3.51. The molecule has 2 rings (SSSR count). The summed E-state index contributed by atoms with van der Waals surface area (Å²) < 4.78 is 13.7. The van der Waals surface area contributed by atoms with E-state index in [1.165, 1.54) is 16.7 Å². The fourth-order valence-corrected chi connectivity index (χ4v) is 2.89. The minimum absolute atomic E-state index is 0.0286. The summed E-state index contributed by atoms with van der Waals surface area (Å²) in [6.45, 7) is 6.25. The van der Waals surface area contributed by atoms with Gasteiger partial charge in [0.1, 0.15) is 5.82 Å². The van der Waals surface area contributed by atoms with Crippen LogP contribution in [0.3, 0.4) is 0 Å². The third-order valence-electron chi connectivity index (χ3n) is 4.00.